The molecule has 2 rings (SSSR count). The van der Waals surface area contributed by atoms with Crippen LogP contribution in [-0.2, 0) is 44.8 Å². The fourth-order valence-corrected chi connectivity index (χ4v) is 6.58. The van der Waals surface area contributed by atoms with Crippen LogP contribution in [0.15, 0.2) is 40.3 Å². The van der Waals surface area contributed by atoms with Crippen molar-refractivity contribution in [1.82, 2.24) is 36.8 Å². The Kier molecular flexibility index (Phi) is 22.4. The maximum atomic E-state index is 13.9. The third-order valence-corrected chi connectivity index (χ3v) is 9.96. The minimum absolute atomic E-state index is 0.0321. The highest BCUT2D eigenvalue weighted by molar-refractivity contribution is 5.98. The number of carbonyl (C=O) groups excluding carboxylic acids is 7. The van der Waals surface area contributed by atoms with Crippen molar-refractivity contribution in [2.24, 2.45) is 38.7 Å². The van der Waals surface area contributed by atoms with Gasteiger partial charge in [0.25, 0.3) is 0 Å². The SMILES string of the molecule is C[C@H](NC(=O)[C@@H](NC(=O)[C@@H](NC(=O)[C@H](CCCN=C(N)N)NC(=O)[C@@H]1CCCN1C(=O)[C@H](CCCN=C(N)N)NC(=O)CN)[C@@H](C)O)[C@@H](C)O)C(=O)N[C@@H](Cc1ccccc1)C(=O)O. The number of nitrogens with one attached hydrogen (secondary N) is 6. The zero-order valence-corrected chi connectivity index (χ0v) is 36.2. The van der Waals surface area contributed by atoms with Crippen molar-refractivity contribution in [3.8, 4) is 0 Å². The van der Waals surface area contributed by atoms with Crippen molar-refractivity contribution in [2.75, 3.05) is 26.2 Å². The lowest BCUT2D eigenvalue weighted by Crippen LogP contribution is -2.63. The summed E-state index contributed by atoms with van der Waals surface area (Å²) in [5.74, 6) is -7.69. The Balaban J connectivity index is 2.23. The summed E-state index contributed by atoms with van der Waals surface area (Å²) in [7, 11) is 0. The predicted molar refractivity (Wildman–Crippen MR) is 232 cm³/mol. The van der Waals surface area contributed by atoms with Crippen molar-refractivity contribution < 1.29 is 53.7 Å². The van der Waals surface area contributed by atoms with E-state index in [2.05, 4.69) is 41.9 Å². The second-order valence-corrected chi connectivity index (χ2v) is 15.2. The third-order valence-electron chi connectivity index (χ3n) is 9.96. The number of carboxylic acids is 1. The molecule has 25 nitrogen and oxygen atoms in total. The number of likely N-dealkylation sites (tertiary alicyclic amines) is 1. The lowest BCUT2D eigenvalue weighted by atomic mass is 10.0. The molecule has 1 fully saturated rings. The van der Waals surface area contributed by atoms with E-state index in [0.717, 1.165) is 13.8 Å². The van der Waals surface area contributed by atoms with Gasteiger partial charge < -0.3 is 80.8 Å². The predicted octanol–water partition coefficient (Wildman–Crippen LogP) is -5.94. The largest absolute Gasteiger partial charge is 0.480 e. The van der Waals surface area contributed by atoms with Gasteiger partial charge in [0.2, 0.25) is 41.4 Å². The fraction of sp³-hybridized carbons (Fsp3) is 0.590. The highest BCUT2D eigenvalue weighted by Gasteiger charge is 2.40. The number of guanidine groups is 2. The van der Waals surface area contributed by atoms with E-state index < -0.39 is 108 Å². The van der Waals surface area contributed by atoms with Gasteiger partial charge in [-0.25, -0.2) is 4.79 Å². The van der Waals surface area contributed by atoms with E-state index in [0.29, 0.717) is 18.4 Å². The number of hydrogen-bond acceptors (Lipinski definition) is 13. The van der Waals surface area contributed by atoms with Crippen molar-refractivity contribution >= 4 is 59.2 Å². The van der Waals surface area contributed by atoms with Gasteiger partial charge in [0.1, 0.15) is 42.3 Å². The zero-order chi connectivity index (χ0) is 48.1. The molecule has 1 aromatic carbocycles. The number of benzene rings is 1. The minimum atomic E-state index is -1.77. The second-order valence-electron chi connectivity index (χ2n) is 15.2. The summed E-state index contributed by atoms with van der Waals surface area (Å²) in [5, 5.41) is 45.3. The number of hydrogen-bond donors (Lipinski definition) is 14. The molecule has 0 aromatic heterocycles. The number of aliphatic carboxylic acids is 1. The van der Waals surface area contributed by atoms with Gasteiger partial charge in [0.05, 0.1) is 18.8 Å². The number of aliphatic hydroxyl groups is 2. The van der Waals surface area contributed by atoms with Crippen LogP contribution in [0.3, 0.4) is 0 Å². The first-order valence-corrected chi connectivity index (χ1v) is 20.7. The van der Waals surface area contributed by atoms with E-state index in [4.69, 9.17) is 28.7 Å². The Morgan fingerprint density at radius 3 is 1.75 bits per heavy atom. The van der Waals surface area contributed by atoms with Gasteiger partial charge in [0, 0.05) is 26.1 Å². The molecule has 9 atom stereocenters. The van der Waals surface area contributed by atoms with Crippen LogP contribution >= 0.6 is 0 Å². The van der Waals surface area contributed by atoms with Gasteiger partial charge >= 0.3 is 5.97 Å². The van der Waals surface area contributed by atoms with Crippen LogP contribution in [-0.4, -0.2) is 160 Å². The minimum Gasteiger partial charge on any atom is -0.480 e. The van der Waals surface area contributed by atoms with E-state index in [9.17, 15) is 53.7 Å². The van der Waals surface area contributed by atoms with E-state index in [-0.39, 0.29) is 63.7 Å². The molecule has 64 heavy (non-hydrogen) atoms. The Labute approximate surface area is 370 Å². The van der Waals surface area contributed by atoms with Crippen LogP contribution < -0.4 is 60.6 Å². The number of aliphatic imine (C=N–C) groups is 2. The Hall–Kier alpha value is -6.60. The summed E-state index contributed by atoms with van der Waals surface area (Å²) >= 11 is 0. The number of nitrogens with zero attached hydrogens (tertiary/aromatic N) is 3. The smallest absolute Gasteiger partial charge is 0.326 e. The molecule has 1 aromatic rings. The van der Waals surface area contributed by atoms with Crippen LogP contribution in [0.4, 0.5) is 0 Å². The topological polar surface area (TPSA) is 427 Å². The summed E-state index contributed by atoms with van der Waals surface area (Å²) in [6.07, 6.45) is -2.22. The van der Waals surface area contributed by atoms with Gasteiger partial charge in [-0.1, -0.05) is 30.3 Å². The Morgan fingerprint density at radius 2 is 1.23 bits per heavy atom. The van der Waals surface area contributed by atoms with Crippen LogP contribution in [0.1, 0.15) is 64.9 Å². The summed E-state index contributed by atoms with van der Waals surface area (Å²) in [4.78, 5) is 114. The summed E-state index contributed by atoms with van der Waals surface area (Å²) < 4.78 is 0. The molecule has 1 aliphatic heterocycles. The molecule has 25 heteroatoms. The summed E-state index contributed by atoms with van der Waals surface area (Å²) in [6, 6.07) is -1.27. The van der Waals surface area contributed by atoms with Crippen molar-refractivity contribution in [3.63, 3.8) is 0 Å². The number of aliphatic hydroxyl groups excluding tert-OH is 2. The third kappa shape index (κ3) is 18.0. The van der Waals surface area contributed by atoms with Crippen LogP contribution in [0, 0.1) is 0 Å². The average molecular weight is 905 g/mol. The molecule has 0 aliphatic carbocycles. The van der Waals surface area contributed by atoms with Gasteiger partial charge in [-0.15, -0.1) is 0 Å². The molecule has 19 N–H and O–H groups in total. The number of amides is 7. The molecule has 0 spiro atoms. The Bertz CT molecular complexity index is 1820. The highest BCUT2D eigenvalue weighted by Crippen LogP contribution is 2.20. The second kappa shape index (κ2) is 26.8. The van der Waals surface area contributed by atoms with Crippen molar-refractivity contribution in [2.45, 2.75) is 120 Å². The van der Waals surface area contributed by atoms with Gasteiger partial charge in [-0.3, -0.25) is 43.5 Å². The average Bonchev–Trinajstić information content (AvgIpc) is 3.73. The normalized spacial score (nSPS) is 17.0. The molecular formula is C39H64N14O11. The molecule has 356 valence electrons. The fourth-order valence-electron chi connectivity index (χ4n) is 6.58. The molecule has 7 amide bonds. The first kappa shape index (κ1) is 53.5. The van der Waals surface area contributed by atoms with E-state index in [1.807, 2.05) is 0 Å². The number of nitrogens with two attached hydrogens (primary N) is 5. The maximum Gasteiger partial charge on any atom is 0.326 e. The van der Waals surface area contributed by atoms with Crippen molar-refractivity contribution in [3.05, 3.63) is 35.9 Å². The summed E-state index contributed by atoms with van der Waals surface area (Å²) in [5.41, 5.74) is 27.7. The summed E-state index contributed by atoms with van der Waals surface area (Å²) in [6.45, 7) is 3.51. The number of rotatable bonds is 26. The molecule has 1 saturated heterocycles. The van der Waals surface area contributed by atoms with Crippen LogP contribution in [0.25, 0.3) is 0 Å². The lowest BCUT2D eigenvalue weighted by Gasteiger charge is -2.30. The quantitative estimate of drug-likeness (QED) is 0.0234. The molecule has 0 unspecified atom stereocenters. The highest BCUT2D eigenvalue weighted by atomic mass is 16.4. The van der Waals surface area contributed by atoms with Crippen molar-refractivity contribution in [1.29, 1.82) is 0 Å². The first-order valence-electron chi connectivity index (χ1n) is 20.7. The van der Waals surface area contributed by atoms with E-state index in [1.54, 1.807) is 30.3 Å². The standard InChI is InChI=1S/C39H64N14O11/c1-20(31(57)50-26(37(63)64)18-23-10-5-4-6-11-23)47-34(60)29(21(2)54)52-35(61)30(22(3)55)51-32(58)24(12-7-15-45-38(41)42)49-33(59)27-14-9-17-53(27)36(62)25(48-28(56)19-40)13-8-16-46-39(43)44/h4-6,10-11,20-22,24-27,29-30,54-55H,7-9,12-19,40H2,1-3H3,(H,47,60)(H,48,56)(H,49,59)(H,50,57)(H,51,58)(H,52,61)(H,63,64)(H4,41,42,45)(H4,43,44,46)/t20-,21+,22+,24-,25-,26-,27-,29-,30-/m0/s1. The molecule has 0 saturated carbocycles. The van der Waals surface area contributed by atoms with E-state index in [1.165, 1.54) is 11.8 Å². The van der Waals surface area contributed by atoms with Crippen LogP contribution in [0.5, 0.6) is 0 Å². The number of carbonyl (C=O) groups is 8. The van der Waals surface area contributed by atoms with E-state index >= 15 is 0 Å². The lowest BCUT2D eigenvalue weighted by molar-refractivity contribution is -0.142. The van der Waals surface area contributed by atoms with Gasteiger partial charge in [-0.2, -0.15) is 0 Å². The molecule has 0 bridgehead atoms. The van der Waals surface area contributed by atoms with Gasteiger partial charge in [0.15, 0.2) is 11.9 Å². The maximum absolute atomic E-state index is 13.9. The first-order chi connectivity index (χ1) is 30.2. The molecule has 1 aliphatic rings. The molecule has 1 heterocycles. The Morgan fingerprint density at radius 1 is 0.703 bits per heavy atom. The molecule has 0 radical (unpaired) electrons. The monoisotopic (exact) mass is 904 g/mol. The molecular weight excluding hydrogens is 841 g/mol. The zero-order valence-electron chi connectivity index (χ0n) is 36.2. The van der Waals surface area contributed by atoms with Gasteiger partial charge in [-0.05, 0) is 64.9 Å². The number of carboxylic acid groups (broad SMARTS) is 1. The van der Waals surface area contributed by atoms with Crippen LogP contribution in [0.2, 0.25) is 0 Å².